The highest BCUT2D eigenvalue weighted by Gasteiger charge is 2.13. The van der Waals surface area contributed by atoms with E-state index in [4.69, 9.17) is 4.74 Å². The number of benzene rings is 4. The molecule has 4 aromatic rings. The molecule has 0 saturated heterocycles. The first kappa shape index (κ1) is 20.2. The van der Waals surface area contributed by atoms with Crippen molar-refractivity contribution >= 4 is 15.9 Å². The van der Waals surface area contributed by atoms with Gasteiger partial charge < -0.3 is 4.74 Å². The molecule has 4 aromatic carbocycles. The van der Waals surface area contributed by atoms with E-state index in [9.17, 15) is 13.2 Å². The topological polar surface area (TPSA) is 9.23 Å². The van der Waals surface area contributed by atoms with Crippen molar-refractivity contribution in [1.82, 2.24) is 0 Å². The third-order valence-corrected chi connectivity index (χ3v) is 5.34. The molecule has 0 unspecified atom stereocenters. The summed E-state index contributed by atoms with van der Waals surface area (Å²) in [5, 5.41) is 0. The second-order valence-electron chi connectivity index (χ2n) is 6.74. The molecule has 0 aliphatic heterocycles. The molecule has 0 saturated carbocycles. The molecule has 5 heteroatoms. The van der Waals surface area contributed by atoms with E-state index in [-0.39, 0.29) is 11.1 Å². The predicted molar refractivity (Wildman–Crippen MR) is 116 cm³/mol. The summed E-state index contributed by atoms with van der Waals surface area (Å²) in [6, 6.07) is 22.9. The molecular formula is C25H16BrF3O. The van der Waals surface area contributed by atoms with Gasteiger partial charge in [-0.15, -0.1) is 0 Å². The van der Waals surface area contributed by atoms with Crippen molar-refractivity contribution in [3.8, 4) is 28.0 Å². The van der Waals surface area contributed by atoms with Gasteiger partial charge in [0.15, 0.2) is 0 Å². The van der Waals surface area contributed by atoms with Gasteiger partial charge in [-0.3, -0.25) is 0 Å². The minimum absolute atomic E-state index is 0.128. The van der Waals surface area contributed by atoms with Crippen LogP contribution in [0.2, 0.25) is 0 Å². The zero-order valence-corrected chi connectivity index (χ0v) is 17.3. The molecule has 0 atom stereocenters. The first-order chi connectivity index (χ1) is 14.5. The van der Waals surface area contributed by atoms with Crippen LogP contribution >= 0.6 is 15.9 Å². The Hall–Kier alpha value is -3.05. The van der Waals surface area contributed by atoms with E-state index in [1.54, 1.807) is 24.3 Å². The Balaban J connectivity index is 1.56. The molecule has 0 aliphatic rings. The van der Waals surface area contributed by atoms with Crippen LogP contribution in [0.4, 0.5) is 13.2 Å². The molecule has 0 N–H and O–H groups in total. The lowest BCUT2D eigenvalue weighted by Crippen LogP contribution is -1.96. The van der Waals surface area contributed by atoms with Crippen LogP contribution in [-0.4, -0.2) is 0 Å². The van der Waals surface area contributed by atoms with Gasteiger partial charge in [0, 0.05) is 17.2 Å². The molecule has 1 nitrogen and oxygen atoms in total. The van der Waals surface area contributed by atoms with Gasteiger partial charge >= 0.3 is 0 Å². The highest BCUT2D eigenvalue weighted by Crippen LogP contribution is 2.32. The van der Waals surface area contributed by atoms with E-state index in [1.165, 1.54) is 30.3 Å². The first-order valence-corrected chi connectivity index (χ1v) is 10.0. The first-order valence-electron chi connectivity index (χ1n) is 9.23. The minimum Gasteiger partial charge on any atom is -0.489 e. The molecule has 0 spiro atoms. The van der Waals surface area contributed by atoms with E-state index in [1.807, 2.05) is 30.3 Å². The predicted octanol–water partition coefficient (Wildman–Crippen LogP) is 7.78. The van der Waals surface area contributed by atoms with E-state index < -0.39 is 17.5 Å². The summed E-state index contributed by atoms with van der Waals surface area (Å²) in [5.74, 6) is -1.24. The summed E-state index contributed by atoms with van der Waals surface area (Å²) in [6.07, 6.45) is 0. The van der Waals surface area contributed by atoms with Gasteiger partial charge in [0.2, 0.25) is 0 Å². The van der Waals surface area contributed by atoms with Crippen LogP contribution in [0.1, 0.15) is 5.56 Å². The average Bonchev–Trinajstić information content (AvgIpc) is 2.75. The summed E-state index contributed by atoms with van der Waals surface area (Å²) >= 11 is 3.10. The van der Waals surface area contributed by atoms with Crippen molar-refractivity contribution in [2.45, 2.75) is 6.61 Å². The number of hydrogen-bond donors (Lipinski definition) is 0. The Morgan fingerprint density at radius 3 is 1.87 bits per heavy atom. The second kappa shape index (κ2) is 8.76. The van der Waals surface area contributed by atoms with Crippen LogP contribution in [0.25, 0.3) is 22.3 Å². The summed E-state index contributed by atoms with van der Waals surface area (Å²) < 4.78 is 49.1. The molecule has 0 heterocycles. The van der Waals surface area contributed by atoms with Crippen LogP contribution in [0.5, 0.6) is 5.75 Å². The standard InChI is InChI=1S/C25H16BrF3O/c26-22-11-7-18(13-25(22)29)17-6-9-20(23(27)12-17)21-10-8-19(14-24(21)28)30-15-16-4-2-1-3-5-16/h1-14H,15H2. The Labute approximate surface area is 180 Å². The molecule has 0 bridgehead atoms. The zero-order chi connectivity index (χ0) is 21.1. The maximum absolute atomic E-state index is 14.8. The SMILES string of the molecule is Fc1cc(-c2ccc(-c3ccc(OCc4ccccc4)cc3F)c(F)c2)ccc1Br. The highest BCUT2D eigenvalue weighted by atomic mass is 79.9. The number of ether oxygens (including phenoxy) is 1. The Kier molecular flexibility index (Phi) is 5.91. The van der Waals surface area contributed by atoms with Crippen LogP contribution in [0.3, 0.4) is 0 Å². The Bertz CT molecular complexity index is 1190. The lowest BCUT2D eigenvalue weighted by atomic mass is 9.99. The maximum atomic E-state index is 14.8. The summed E-state index contributed by atoms with van der Waals surface area (Å²) in [6.45, 7) is 0.312. The Morgan fingerprint density at radius 2 is 1.23 bits per heavy atom. The van der Waals surface area contributed by atoms with Crippen molar-refractivity contribution < 1.29 is 17.9 Å². The fraction of sp³-hybridized carbons (Fsp3) is 0.0400. The average molecular weight is 469 g/mol. The normalized spacial score (nSPS) is 10.8. The van der Waals surface area contributed by atoms with E-state index in [0.29, 0.717) is 28.0 Å². The van der Waals surface area contributed by atoms with Crippen LogP contribution in [-0.2, 0) is 6.61 Å². The van der Waals surface area contributed by atoms with Crippen LogP contribution in [0.15, 0.2) is 89.4 Å². The molecule has 4 rings (SSSR count). The molecule has 0 aliphatic carbocycles. The Morgan fingerprint density at radius 1 is 0.633 bits per heavy atom. The van der Waals surface area contributed by atoms with Crippen molar-refractivity contribution in [2.75, 3.05) is 0 Å². The van der Waals surface area contributed by atoms with Gasteiger partial charge in [0.05, 0.1) is 4.47 Å². The fourth-order valence-electron chi connectivity index (χ4n) is 3.13. The number of halogens is 4. The molecule has 0 fully saturated rings. The fourth-order valence-corrected chi connectivity index (χ4v) is 3.38. The largest absolute Gasteiger partial charge is 0.489 e. The van der Waals surface area contributed by atoms with Crippen LogP contribution in [0, 0.1) is 17.5 Å². The molecule has 150 valence electrons. The van der Waals surface area contributed by atoms with Crippen LogP contribution < -0.4 is 4.74 Å². The maximum Gasteiger partial charge on any atom is 0.137 e. The van der Waals surface area contributed by atoms with Crippen molar-refractivity contribution in [3.63, 3.8) is 0 Å². The van der Waals surface area contributed by atoms with E-state index >= 15 is 0 Å². The van der Waals surface area contributed by atoms with Gasteiger partial charge in [0.1, 0.15) is 29.8 Å². The highest BCUT2D eigenvalue weighted by molar-refractivity contribution is 9.10. The summed E-state index contributed by atoms with van der Waals surface area (Å²) in [4.78, 5) is 0. The lowest BCUT2D eigenvalue weighted by Gasteiger charge is -2.11. The van der Waals surface area contributed by atoms with Gasteiger partial charge in [-0.2, -0.15) is 0 Å². The third-order valence-electron chi connectivity index (χ3n) is 4.70. The quantitative estimate of drug-likeness (QED) is 0.290. The lowest BCUT2D eigenvalue weighted by molar-refractivity contribution is 0.304. The van der Waals surface area contributed by atoms with Gasteiger partial charge in [-0.05, 0) is 63.0 Å². The van der Waals surface area contributed by atoms with Gasteiger partial charge in [-0.25, -0.2) is 13.2 Å². The molecule has 0 amide bonds. The minimum atomic E-state index is -0.590. The summed E-state index contributed by atoms with van der Waals surface area (Å²) in [7, 11) is 0. The zero-order valence-electron chi connectivity index (χ0n) is 15.7. The number of rotatable bonds is 5. The smallest absolute Gasteiger partial charge is 0.137 e. The van der Waals surface area contributed by atoms with E-state index in [0.717, 1.165) is 5.56 Å². The third kappa shape index (κ3) is 4.41. The summed E-state index contributed by atoms with van der Waals surface area (Å²) in [5.41, 5.74) is 2.27. The van der Waals surface area contributed by atoms with Crippen molar-refractivity contribution in [1.29, 1.82) is 0 Å². The van der Waals surface area contributed by atoms with Gasteiger partial charge in [-0.1, -0.05) is 48.5 Å². The molecule has 0 aromatic heterocycles. The van der Waals surface area contributed by atoms with Gasteiger partial charge in [0.25, 0.3) is 0 Å². The van der Waals surface area contributed by atoms with Crippen molar-refractivity contribution in [2.24, 2.45) is 0 Å². The number of hydrogen-bond acceptors (Lipinski definition) is 1. The molecular weight excluding hydrogens is 453 g/mol. The second-order valence-corrected chi connectivity index (χ2v) is 7.59. The molecule has 30 heavy (non-hydrogen) atoms. The monoisotopic (exact) mass is 468 g/mol. The van der Waals surface area contributed by atoms with E-state index in [2.05, 4.69) is 15.9 Å². The van der Waals surface area contributed by atoms with Crippen molar-refractivity contribution in [3.05, 3.63) is 112 Å². The molecule has 0 radical (unpaired) electrons.